The van der Waals surface area contributed by atoms with Crippen molar-refractivity contribution in [1.29, 1.82) is 0 Å². The minimum absolute atomic E-state index is 0.00189. The maximum Gasteiger partial charge on any atom is 0.254 e. The van der Waals surface area contributed by atoms with Crippen molar-refractivity contribution in [3.63, 3.8) is 0 Å². The fourth-order valence-corrected chi connectivity index (χ4v) is 3.05. The topological polar surface area (TPSA) is 75.7 Å². The zero-order chi connectivity index (χ0) is 14.1. The van der Waals surface area contributed by atoms with Gasteiger partial charge in [0.2, 0.25) is 0 Å². The van der Waals surface area contributed by atoms with Gasteiger partial charge in [0.05, 0.1) is 11.4 Å². The number of benzene rings is 2. The number of hydrogen-bond acceptors (Lipinski definition) is 4. The molecular weight excluding hydrogens is 272 g/mol. The minimum atomic E-state index is -0.646. The van der Waals surface area contributed by atoms with Crippen LogP contribution in [0.5, 0.6) is 0 Å². The van der Waals surface area contributed by atoms with Crippen molar-refractivity contribution in [2.45, 2.75) is 0 Å². The molecular formula is C15H12N2O2S. The molecule has 5 heteroatoms. The van der Waals surface area contributed by atoms with E-state index < -0.39 is 5.91 Å². The number of carbonyl (C=O) groups excluding carboxylic acids is 1. The second kappa shape index (κ2) is 5.02. The Kier molecular flexibility index (Phi) is 3.20. The molecule has 1 aliphatic heterocycles. The second-order valence-corrected chi connectivity index (χ2v) is 5.39. The molecule has 0 fully saturated rings. The normalized spacial score (nSPS) is 17.1. The molecule has 2 aromatic carbocycles. The molecule has 3 rings (SSSR count). The van der Waals surface area contributed by atoms with Gasteiger partial charge in [-0.2, -0.15) is 0 Å². The number of aliphatic imine (C=N–C) groups is 1. The Bertz CT molecular complexity index is 765. The number of aliphatic hydroxyl groups excluding tert-OH is 1. The Morgan fingerprint density at radius 2 is 1.95 bits per heavy atom. The fourth-order valence-electron chi connectivity index (χ4n) is 2.10. The number of fused-ring (bicyclic) bond motifs is 1. The maximum absolute atomic E-state index is 11.3. The highest BCUT2D eigenvalue weighted by Gasteiger charge is 2.26. The van der Waals surface area contributed by atoms with Crippen LogP contribution in [0.1, 0.15) is 0 Å². The summed E-state index contributed by atoms with van der Waals surface area (Å²) in [5, 5.41) is 12.3. The number of hydrogen-bond donors (Lipinski definition) is 2. The van der Waals surface area contributed by atoms with Gasteiger partial charge in [-0.05, 0) is 22.9 Å². The van der Waals surface area contributed by atoms with E-state index in [1.165, 1.54) is 11.8 Å². The van der Waals surface area contributed by atoms with E-state index in [0.717, 1.165) is 16.5 Å². The lowest BCUT2D eigenvalue weighted by molar-refractivity contribution is -0.114. The van der Waals surface area contributed by atoms with E-state index in [-0.39, 0.29) is 11.3 Å². The molecule has 20 heavy (non-hydrogen) atoms. The molecule has 0 spiro atoms. The predicted octanol–water partition coefficient (Wildman–Crippen LogP) is 2.91. The summed E-state index contributed by atoms with van der Waals surface area (Å²) in [6, 6.07) is 13.8. The van der Waals surface area contributed by atoms with Crippen LogP contribution >= 0.6 is 11.8 Å². The smallest absolute Gasteiger partial charge is 0.254 e. The Balaban J connectivity index is 2.04. The largest absolute Gasteiger partial charge is 0.510 e. The molecule has 3 N–H and O–H groups in total. The van der Waals surface area contributed by atoms with Crippen molar-refractivity contribution >= 4 is 39.2 Å². The third kappa shape index (κ3) is 2.28. The Morgan fingerprint density at radius 1 is 1.20 bits per heavy atom. The first-order valence-electron chi connectivity index (χ1n) is 6.08. The molecule has 1 aliphatic rings. The zero-order valence-electron chi connectivity index (χ0n) is 10.5. The van der Waals surface area contributed by atoms with Gasteiger partial charge in [-0.1, -0.05) is 42.1 Å². The third-order valence-electron chi connectivity index (χ3n) is 3.06. The lowest BCUT2D eigenvalue weighted by atomic mass is 10.1. The van der Waals surface area contributed by atoms with Gasteiger partial charge in [0, 0.05) is 0 Å². The lowest BCUT2D eigenvalue weighted by Crippen LogP contribution is -2.18. The number of primary amides is 1. The Morgan fingerprint density at radius 3 is 2.70 bits per heavy atom. The van der Waals surface area contributed by atoms with E-state index in [9.17, 15) is 9.90 Å². The second-order valence-electron chi connectivity index (χ2n) is 4.42. The molecule has 1 amide bonds. The van der Waals surface area contributed by atoms with Crippen LogP contribution in [0, 0.1) is 0 Å². The van der Waals surface area contributed by atoms with E-state index in [2.05, 4.69) is 4.99 Å². The van der Waals surface area contributed by atoms with Crippen LogP contribution in [-0.4, -0.2) is 21.8 Å². The van der Waals surface area contributed by atoms with E-state index >= 15 is 0 Å². The molecule has 4 nitrogen and oxygen atoms in total. The average Bonchev–Trinajstić information content (AvgIpc) is 2.79. The highest BCUT2D eigenvalue weighted by Crippen LogP contribution is 2.30. The quantitative estimate of drug-likeness (QED) is 0.890. The van der Waals surface area contributed by atoms with Crippen LogP contribution < -0.4 is 5.73 Å². The fraction of sp³-hybridized carbons (Fsp3) is 0.0667. The summed E-state index contributed by atoms with van der Waals surface area (Å²) in [5.74, 6) is -0.306. The van der Waals surface area contributed by atoms with Crippen LogP contribution in [-0.2, 0) is 4.79 Å². The van der Waals surface area contributed by atoms with Crippen LogP contribution in [0.2, 0.25) is 0 Å². The molecule has 0 bridgehead atoms. The van der Waals surface area contributed by atoms with Crippen molar-refractivity contribution in [3.8, 4) is 0 Å². The van der Waals surface area contributed by atoms with Gasteiger partial charge in [0.15, 0.2) is 0 Å². The number of nitrogens with two attached hydrogens (primary N) is 1. The van der Waals surface area contributed by atoms with Gasteiger partial charge < -0.3 is 10.8 Å². The van der Waals surface area contributed by atoms with E-state index in [4.69, 9.17) is 5.73 Å². The summed E-state index contributed by atoms with van der Waals surface area (Å²) < 4.78 is 0. The first-order valence-corrected chi connectivity index (χ1v) is 7.06. The number of thioether (sulfide) groups is 1. The van der Waals surface area contributed by atoms with Crippen LogP contribution in [0.15, 0.2) is 58.8 Å². The molecule has 0 saturated carbocycles. The number of carbonyl (C=O) groups is 1. The molecule has 1 heterocycles. The molecule has 0 atom stereocenters. The number of rotatable bonds is 2. The predicted molar refractivity (Wildman–Crippen MR) is 82.4 cm³/mol. The number of aliphatic hydroxyl groups is 1. The highest BCUT2D eigenvalue weighted by atomic mass is 32.2. The Hall–Kier alpha value is -2.27. The highest BCUT2D eigenvalue weighted by molar-refractivity contribution is 8.15. The molecule has 0 saturated heterocycles. The van der Waals surface area contributed by atoms with Gasteiger partial charge in [0.25, 0.3) is 5.91 Å². The van der Waals surface area contributed by atoms with Crippen molar-refractivity contribution in [2.24, 2.45) is 10.7 Å². The maximum atomic E-state index is 11.3. The first-order chi connectivity index (χ1) is 9.65. The van der Waals surface area contributed by atoms with Gasteiger partial charge in [-0.3, -0.25) is 4.79 Å². The summed E-state index contributed by atoms with van der Waals surface area (Å²) in [5.41, 5.74) is 6.14. The SMILES string of the molecule is NC(=O)C1=C(O)CSC1=Nc1ccc2ccccc2c1. The summed E-state index contributed by atoms with van der Waals surface area (Å²) >= 11 is 1.31. The van der Waals surface area contributed by atoms with Crippen molar-refractivity contribution in [2.75, 3.05) is 5.75 Å². The number of amides is 1. The molecule has 100 valence electrons. The van der Waals surface area contributed by atoms with Crippen molar-refractivity contribution in [3.05, 3.63) is 53.8 Å². The molecule has 0 aliphatic carbocycles. The van der Waals surface area contributed by atoms with Crippen LogP contribution in [0.4, 0.5) is 5.69 Å². The van der Waals surface area contributed by atoms with Crippen LogP contribution in [0.25, 0.3) is 10.8 Å². The summed E-state index contributed by atoms with van der Waals surface area (Å²) in [4.78, 5) is 15.8. The summed E-state index contributed by atoms with van der Waals surface area (Å²) in [6.07, 6.45) is 0. The monoisotopic (exact) mass is 284 g/mol. The van der Waals surface area contributed by atoms with E-state index in [1.54, 1.807) is 0 Å². The van der Waals surface area contributed by atoms with Gasteiger partial charge >= 0.3 is 0 Å². The van der Waals surface area contributed by atoms with E-state index in [0.29, 0.717) is 10.8 Å². The van der Waals surface area contributed by atoms with Crippen molar-refractivity contribution in [1.82, 2.24) is 0 Å². The van der Waals surface area contributed by atoms with Crippen molar-refractivity contribution < 1.29 is 9.90 Å². The van der Waals surface area contributed by atoms with Gasteiger partial charge in [0.1, 0.15) is 16.4 Å². The molecule has 0 unspecified atom stereocenters. The number of nitrogens with zero attached hydrogens (tertiary/aromatic N) is 1. The van der Waals surface area contributed by atoms with Gasteiger partial charge in [-0.15, -0.1) is 0 Å². The van der Waals surface area contributed by atoms with E-state index in [1.807, 2.05) is 42.5 Å². The molecule has 2 aromatic rings. The average molecular weight is 284 g/mol. The van der Waals surface area contributed by atoms with Crippen LogP contribution in [0.3, 0.4) is 0 Å². The summed E-state index contributed by atoms with van der Waals surface area (Å²) in [7, 11) is 0. The third-order valence-corrected chi connectivity index (χ3v) is 4.04. The lowest BCUT2D eigenvalue weighted by Gasteiger charge is -2.02. The molecule has 0 radical (unpaired) electrons. The first kappa shape index (κ1) is 12.7. The van der Waals surface area contributed by atoms with Gasteiger partial charge in [-0.25, -0.2) is 4.99 Å². The standard InChI is InChI=1S/C15H12N2O2S/c16-14(19)13-12(18)8-20-15(13)17-11-6-5-9-3-1-2-4-10(9)7-11/h1-7,18H,8H2,(H2,16,19). The zero-order valence-corrected chi connectivity index (χ0v) is 11.4. The Labute approximate surface area is 120 Å². The summed E-state index contributed by atoms with van der Waals surface area (Å²) in [6.45, 7) is 0. The molecule has 0 aromatic heterocycles. The minimum Gasteiger partial charge on any atom is -0.510 e.